The molecule has 4 nitrogen and oxygen atoms in total. The summed E-state index contributed by atoms with van der Waals surface area (Å²) in [5.41, 5.74) is 4.39. The fraction of sp³-hybridized carbons (Fsp3) is 0.136. The van der Waals surface area contributed by atoms with Crippen molar-refractivity contribution in [3.8, 4) is 0 Å². The average Bonchev–Trinajstić information content (AvgIpc) is 2.72. The van der Waals surface area contributed by atoms with E-state index in [1.165, 1.54) is 0 Å². The molecule has 1 amide bonds. The van der Waals surface area contributed by atoms with Crippen molar-refractivity contribution in [2.45, 2.75) is 13.2 Å². The van der Waals surface area contributed by atoms with Gasteiger partial charge in [0.05, 0.1) is 6.61 Å². The van der Waals surface area contributed by atoms with E-state index >= 15 is 0 Å². The molecule has 3 rings (SSSR count). The number of aliphatic hydroxyl groups excluding tert-OH is 1. The van der Waals surface area contributed by atoms with Crippen LogP contribution in [0.3, 0.4) is 0 Å². The van der Waals surface area contributed by atoms with Crippen LogP contribution in [-0.2, 0) is 13.2 Å². The number of rotatable bonds is 6. The number of carbonyl (C=O) groups excluding carboxylic acids is 1. The quantitative estimate of drug-likeness (QED) is 0.707. The summed E-state index contributed by atoms with van der Waals surface area (Å²) in [5.74, 6) is -0.0489. The average molecular weight is 346 g/mol. The van der Waals surface area contributed by atoms with Crippen LogP contribution in [0.15, 0.2) is 78.9 Å². The van der Waals surface area contributed by atoms with Gasteiger partial charge in [0.1, 0.15) is 0 Å². The van der Waals surface area contributed by atoms with Crippen molar-refractivity contribution in [1.82, 2.24) is 0 Å². The van der Waals surface area contributed by atoms with Gasteiger partial charge in [0, 0.05) is 30.5 Å². The maximum atomic E-state index is 12.7. The number of hydrogen-bond acceptors (Lipinski definition) is 3. The second-order valence-corrected chi connectivity index (χ2v) is 6.11. The fourth-order valence-electron chi connectivity index (χ4n) is 2.69. The van der Waals surface area contributed by atoms with E-state index in [1.54, 1.807) is 11.9 Å². The van der Waals surface area contributed by atoms with Gasteiger partial charge in [-0.05, 0) is 41.5 Å². The zero-order valence-electron chi connectivity index (χ0n) is 14.7. The number of nitrogens with one attached hydrogen (secondary N) is 1. The molecule has 0 aliphatic heterocycles. The number of benzene rings is 3. The van der Waals surface area contributed by atoms with Crippen LogP contribution in [0.4, 0.5) is 11.4 Å². The molecule has 2 N–H and O–H groups in total. The molecule has 0 spiro atoms. The number of aliphatic hydroxyl groups is 1. The summed E-state index contributed by atoms with van der Waals surface area (Å²) in [5, 5.41) is 12.4. The van der Waals surface area contributed by atoms with Crippen LogP contribution in [0.2, 0.25) is 0 Å². The maximum Gasteiger partial charge on any atom is 0.258 e. The highest BCUT2D eigenvalue weighted by Crippen LogP contribution is 2.18. The summed E-state index contributed by atoms with van der Waals surface area (Å²) < 4.78 is 0. The van der Waals surface area contributed by atoms with Crippen molar-refractivity contribution in [1.29, 1.82) is 0 Å². The third-order valence-corrected chi connectivity index (χ3v) is 4.26. The Bertz CT molecular complexity index is 861. The van der Waals surface area contributed by atoms with E-state index in [4.69, 9.17) is 5.11 Å². The zero-order valence-corrected chi connectivity index (χ0v) is 14.7. The Kier molecular flexibility index (Phi) is 5.66. The Labute approximate surface area is 153 Å². The molecule has 0 heterocycles. The number of para-hydroxylation sites is 1. The lowest BCUT2D eigenvalue weighted by Gasteiger charge is -2.18. The highest BCUT2D eigenvalue weighted by Gasteiger charge is 2.13. The van der Waals surface area contributed by atoms with Gasteiger partial charge in [0.15, 0.2) is 0 Å². The molecule has 0 aromatic heterocycles. The van der Waals surface area contributed by atoms with Gasteiger partial charge in [-0.15, -0.1) is 0 Å². The molecule has 0 radical (unpaired) electrons. The van der Waals surface area contributed by atoms with Crippen LogP contribution in [0, 0.1) is 0 Å². The first-order chi connectivity index (χ1) is 12.7. The molecule has 132 valence electrons. The molecule has 0 aliphatic rings. The fourth-order valence-corrected chi connectivity index (χ4v) is 2.69. The standard InChI is InChI=1S/C22H22N2O2/c1-24(21-8-3-2-4-9-21)22(26)19-6-5-7-20(14-19)23-15-17-10-12-18(16-25)13-11-17/h2-14,23,25H,15-16H2,1H3. The molecule has 0 fully saturated rings. The van der Waals surface area contributed by atoms with Gasteiger partial charge in [0.2, 0.25) is 0 Å². The molecule has 0 saturated carbocycles. The van der Waals surface area contributed by atoms with E-state index in [1.807, 2.05) is 78.9 Å². The van der Waals surface area contributed by atoms with E-state index in [2.05, 4.69) is 5.32 Å². The summed E-state index contributed by atoms with van der Waals surface area (Å²) in [6, 6.07) is 24.9. The van der Waals surface area contributed by atoms with Crippen LogP contribution < -0.4 is 10.2 Å². The Morgan fingerprint density at radius 3 is 2.31 bits per heavy atom. The summed E-state index contributed by atoms with van der Waals surface area (Å²) in [6.45, 7) is 0.699. The van der Waals surface area contributed by atoms with Crippen LogP contribution in [0.5, 0.6) is 0 Å². The maximum absolute atomic E-state index is 12.7. The van der Waals surface area contributed by atoms with Gasteiger partial charge in [-0.2, -0.15) is 0 Å². The third kappa shape index (κ3) is 4.29. The second kappa shape index (κ2) is 8.32. The van der Waals surface area contributed by atoms with Gasteiger partial charge in [-0.1, -0.05) is 48.5 Å². The van der Waals surface area contributed by atoms with Crippen molar-refractivity contribution in [2.75, 3.05) is 17.3 Å². The second-order valence-electron chi connectivity index (χ2n) is 6.11. The van der Waals surface area contributed by atoms with Gasteiger partial charge in [-0.25, -0.2) is 0 Å². The molecule has 3 aromatic carbocycles. The topological polar surface area (TPSA) is 52.6 Å². The molecule has 0 aliphatic carbocycles. The number of nitrogens with zero attached hydrogens (tertiary/aromatic N) is 1. The summed E-state index contributed by atoms with van der Waals surface area (Å²) in [7, 11) is 1.78. The van der Waals surface area contributed by atoms with E-state index < -0.39 is 0 Å². The smallest absolute Gasteiger partial charge is 0.258 e. The van der Waals surface area contributed by atoms with Crippen molar-refractivity contribution >= 4 is 17.3 Å². The van der Waals surface area contributed by atoms with Crippen molar-refractivity contribution < 1.29 is 9.90 Å². The Morgan fingerprint density at radius 2 is 1.62 bits per heavy atom. The number of anilines is 2. The summed E-state index contributed by atoms with van der Waals surface area (Å²) in [4.78, 5) is 14.4. The lowest BCUT2D eigenvalue weighted by atomic mass is 10.1. The predicted octanol–water partition coefficient (Wildman–Crippen LogP) is 4.07. The highest BCUT2D eigenvalue weighted by molar-refractivity contribution is 6.06. The lowest BCUT2D eigenvalue weighted by Crippen LogP contribution is -2.26. The molecule has 0 saturated heterocycles. The van der Waals surface area contributed by atoms with E-state index in [0.29, 0.717) is 12.1 Å². The van der Waals surface area contributed by atoms with E-state index in [-0.39, 0.29) is 12.5 Å². The van der Waals surface area contributed by atoms with Crippen LogP contribution in [0.1, 0.15) is 21.5 Å². The summed E-state index contributed by atoms with van der Waals surface area (Å²) in [6.07, 6.45) is 0. The minimum atomic E-state index is -0.0489. The molecule has 26 heavy (non-hydrogen) atoms. The van der Waals surface area contributed by atoms with Crippen molar-refractivity contribution in [2.24, 2.45) is 0 Å². The SMILES string of the molecule is CN(C(=O)c1cccc(NCc2ccc(CO)cc2)c1)c1ccccc1. The molecular formula is C22H22N2O2. The molecule has 0 atom stereocenters. The monoisotopic (exact) mass is 346 g/mol. The Morgan fingerprint density at radius 1 is 0.923 bits per heavy atom. The van der Waals surface area contributed by atoms with E-state index in [0.717, 1.165) is 22.5 Å². The molecule has 4 heteroatoms. The van der Waals surface area contributed by atoms with Crippen molar-refractivity contribution in [3.63, 3.8) is 0 Å². The predicted molar refractivity (Wildman–Crippen MR) is 105 cm³/mol. The lowest BCUT2D eigenvalue weighted by molar-refractivity contribution is 0.0993. The van der Waals surface area contributed by atoms with E-state index in [9.17, 15) is 4.79 Å². The normalized spacial score (nSPS) is 10.4. The first-order valence-corrected chi connectivity index (χ1v) is 8.53. The zero-order chi connectivity index (χ0) is 18.4. The van der Waals surface area contributed by atoms with Crippen LogP contribution >= 0.6 is 0 Å². The van der Waals surface area contributed by atoms with Crippen LogP contribution in [-0.4, -0.2) is 18.1 Å². The third-order valence-electron chi connectivity index (χ3n) is 4.26. The minimum absolute atomic E-state index is 0.0484. The Balaban J connectivity index is 1.68. The number of hydrogen-bond donors (Lipinski definition) is 2. The number of amides is 1. The Hall–Kier alpha value is -3.11. The first-order valence-electron chi connectivity index (χ1n) is 8.53. The van der Waals surface area contributed by atoms with Gasteiger partial charge >= 0.3 is 0 Å². The highest BCUT2D eigenvalue weighted by atomic mass is 16.3. The van der Waals surface area contributed by atoms with Gasteiger partial charge in [-0.3, -0.25) is 4.79 Å². The molecular weight excluding hydrogens is 324 g/mol. The van der Waals surface area contributed by atoms with Gasteiger partial charge < -0.3 is 15.3 Å². The van der Waals surface area contributed by atoms with Crippen LogP contribution in [0.25, 0.3) is 0 Å². The summed E-state index contributed by atoms with van der Waals surface area (Å²) >= 11 is 0. The molecule has 0 bridgehead atoms. The molecule has 3 aromatic rings. The van der Waals surface area contributed by atoms with Gasteiger partial charge in [0.25, 0.3) is 5.91 Å². The first kappa shape index (κ1) is 17.7. The molecule has 0 unspecified atom stereocenters. The minimum Gasteiger partial charge on any atom is -0.392 e. The largest absolute Gasteiger partial charge is 0.392 e. The number of carbonyl (C=O) groups is 1. The van der Waals surface area contributed by atoms with Crippen molar-refractivity contribution in [3.05, 3.63) is 95.6 Å².